The topological polar surface area (TPSA) is 0 Å². The van der Waals surface area contributed by atoms with Gasteiger partial charge in [0, 0.05) is 0 Å². The number of fused-ring (bicyclic) bond motifs is 2. The summed E-state index contributed by atoms with van der Waals surface area (Å²) in [5, 5.41) is 0.821. The minimum absolute atomic E-state index is 0.821. The fraction of sp³-hybridized carbons (Fsp3) is 1.00. The van der Waals surface area contributed by atoms with E-state index in [0.717, 1.165) is 11.1 Å². The van der Waals surface area contributed by atoms with Gasteiger partial charge in [-0.3, -0.25) is 0 Å². The molecular weight excluding hydrogens is 131 g/mol. The van der Waals surface area contributed by atoms with E-state index in [1.807, 2.05) is 0 Å². The average molecular weight is 150 g/mol. The molecule has 2 saturated heterocycles. The van der Waals surface area contributed by atoms with Crippen molar-refractivity contribution in [2.45, 2.75) is 63.0 Å². The fourth-order valence-corrected chi connectivity index (χ4v) is 3.32. The molecule has 0 spiro atoms. The van der Waals surface area contributed by atoms with Crippen LogP contribution in [0.3, 0.4) is 0 Å². The second-order valence-electron chi connectivity index (χ2n) is 4.71. The van der Waals surface area contributed by atoms with E-state index in [-0.39, 0.29) is 0 Å². The fourth-order valence-electron chi connectivity index (χ4n) is 3.32. The average Bonchev–Trinajstić information content (AvgIpc) is 2.05. The normalized spacial score (nSPS) is 43.2. The molecule has 0 atom stereocenters. The second kappa shape index (κ2) is 2.84. The van der Waals surface area contributed by atoms with Gasteiger partial charge in [0.2, 0.25) is 0 Å². The minimum atomic E-state index is 0.821. The van der Waals surface area contributed by atoms with Crippen molar-refractivity contribution in [2.24, 2.45) is 0 Å². The van der Waals surface area contributed by atoms with Crippen LogP contribution in [0.2, 0.25) is 11.1 Å². The van der Waals surface area contributed by atoms with Crippen molar-refractivity contribution >= 4 is 7.28 Å². The maximum absolute atomic E-state index is 2.40. The molecule has 0 saturated carbocycles. The van der Waals surface area contributed by atoms with E-state index in [0.29, 0.717) is 0 Å². The lowest BCUT2D eigenvalue weighted by Crippen LogP contribution is -2.31. The predicted octanol–water partition coefficient (Wildman–Crippen LogP) is 3.15. The third kappa shape index (κ3) is 1.34. The molecule has 0 unspecified atom stereocenters. The van der Waals surface area contributed by atoms with Crippen LogP contribution in [0.4, 0.5) is 0 Å². The lowest BCUT2D eigenvalue weighted by molar-refractivity contribution is 0.341. The van der Waals surface area contributed by atoms with Gasteiger partial charge in [0.15, 0.2) is 0 Å². The van der Waals surface area contributed by atoms with Gasteiger partial charge in [-0.1, -0.05) is 63.0 Å². The summed E-state index contributed by atoms with van der Waals surface area (Å²) in [7, 11) is 1.57. The van der Waals surface area contributed by atoms with E-state index in [4.69, 9.17) is 0 Å². The molecule has 2 rings (SSSR count). The van der Waals surface area contributed by atoms with Crippen LogP contribution in [0.5, 0.6) is 0 Å². The summed E-state index contributed by atoms with van der Waals surface area (Å²) in [6.45, 7) is 2.40. The zero-order valence-corrected chi connectivity index (χ0v) is 7.73. The van der Waals surface area contributed by atoms with Crippen molar-refractivity contribution < 1.29 is 0 Å². The molecule has 11 heavy (non-hydrogen) atoms. The molecule has 2 aliphatic heterocycles. The molecule has 0 aromatic rings. The number of hydrogen-bond acceptors (Lipinski definition) is 0. The SMILES string of the molecule is CCC12BC(CCC1)CCC2. The largest absolute Gasteiger partial charge is 0.131 e. The highest BCUT2D eigenvalue weighted by Crippen LogP contribution is 2.53. The molecule has 2 aliphatic rings. The summed E-state index contributed by atoms with van der Waals surface area (Å²) in [6.07, 6.45) is 10.7. The van der Waals surface area contributed by atoms with Gasteiger partial charge in [-0.05, 0) is 0 Å². The Morgan fingerprint density at radius 3 is 2.36 bits per heavy atom. The van der Waals surface area contributed by atoms with Gasteiger partial charge in [-0.2, -0.15) is 0 Å². The first-order valence-electron chi connectivity index (χ1n) is 5.35. The standard InChI is InChI=1S/C10H19B/c1-2-10-7-3-5-9(11-10)6-4-8-10/h9,11H,2-8H2,1H3. The molecule has 1 heteroatoms. The zero-order valence-electron chi connectivity index (χ0n) is 7.73. The molecule has 0 nitrogen and oxygen atoms in total. The van der Waals surface area contributed by atoms with Crippen molar-refractivity contribution in [1.29, 1.82) is 0 Å². The number of hydrogen-bond donors (Lipinski definition) is 0. The van der Waals surface area contributed by atoms with Gasteiger partial charge in [0.05, 0.1) is 0 Å². The van der Waals surface area contributed by atoms with Crippen LogP contribution in [0.15, 0.2) is 0 Å². The van der Waals surface area contributed by atoms with E-state index in [9.17, 15) is 0 Å². The van der Waals surface area contributed by atoms with Crippen LogP contribution in [-0.2, 0) is 0 Å². The van der Waals surface area contributed by atoms with Crippen molar-refractivity contribution in [1.82, 2.24) is 0 Å². The summed E-state index contributed by atoms with van der Waals surface area (Å²) < 4.78 is 0. The van der Waals surface area contributed by atoms with E-state index in [2.05, 4.69) is 6.92 Å². The number of rotatable bonds is 1. The van der Waals surface area contributed by atoms with Gasteiger partial charge in [0.1, 0.15) is 7.28 Å². The highest BCUT2D eigenvalue weighted by Gasteiger charge is 2.38. The summed E-state index contributed by atoms with van der Waals surface area (Å²) in [6, 6.07) is 0. The van der Waals surface area contributed by atoms with E-state index in [1.165, 1.54) is 19.3 Å². The lowest BCUT2D eigenvalue weighted by Gasteiger charge is -2.44. The van der Waals surface area contributed by atoms with Crippen molar-refractivity contribution in [3.05, 3.63) is 0 Å². The third-order valence-electron chi connectivity index (χ3n) is 4.11. The summed E-state index contributed by atoms with van der Waals surface area (Å²) in [5.41, 5.74) is 0. The first-order valence-corrected chi connectivity index (χ1v) is 5.35. The summed E-state index contributed by atoms with van der Waals surface area (Å²) in [4.78, 5) is 0. The molecule has 0 aliphatic carbocycles. The zero-order chi connectivity index (χ0) is 7.73. The van der Waals surface area contributed by atoms with Gasteiger partial charge in [-0.15, -0.1) is 0 Å². The smallest absolute Gasteiger partial charge is 0.0655 e. The summed E-state index contributed by atoms with van der Waals surface area (Å²) in [5.74, 6) is 1.12. The Hall–Kier alpha value is 0.0649. The Balaban J connectivity index is 2.07. The lowest BCUT2D eigenvalue weighted by atomic mass is 9.35. The Bertz CT molecular complexity index is 132. The highest BCUT2D eigenvalue weighted by molar-refractivity contribution is 6.42. The van der Waals surface area contributed by atoms with E-state index >= 15 is 0 Å². The van der Waals surface area contributed by atoms with Crippen LogP contribution in [-0.4, -0.2) is 7.28 Å². The first-order chi connectivity index (χ1) is 5.35. The highest BCUT2D eigenvalue weighted by atomic mass is 14.3. The molecular formula is C10H19B. The Morgan fingerprint density at radius 1 is 1.27 bits per heavy atom. The van der Waals surface area contributed by atoms with Crippen LogP contribution < -0.4 is 0 Å². The molecule has 0 N–H and O–H groups in total. The van der Waals surface area contributed by atoms with Crippen LogP contribution >= 0.6 is 0 Å². The third-order valence-corrected chi connectivity index (χ3v) is 4.11. The molecule has 2 bridgehead atoms. The molecule has 2 fully saturated rings. The van der Waals surface area contributed by atoms with Crippen LogP contribution in [0, 0.1) is 0 Å². The summed E-state index contributed by atoms with van der Waals surface area (Å²) >= 11 is 0. The van der Waals surface area contributed by atoms with Crippen molar-refractivity contribution in [3.8, 4) is 0 Å². The molecule has 0 aromatic heterocycles. The minimum Gasteiger partial charge on any atom is -0.0655 e. The van der Waals surface area contributed by atoms with E-state index < -0.39 is 0 Å². The monoisotopic (exact) mass is 150 g/mol. The maximum Gasteiger partial charge on any atom is 0.131 e. The predicted molar refractivity (Wildman–Crippen MR) is 51.6 cm³/mol. The van der Waals surface area contributed by atoms with Gasteiger partial charge in [-0.25, -0.2) is 0 Å². The van der Waals surface area contributed by atoms with Gasteiger partial charge in [0.25, 0.3) is 0 Å². The molecule has 0 aromatic carbocycles. The van der Waals surface area contributed by atoms with Crippen molar-refractivity contribution in [3.63, 3.8) is 0 Å². The van der Waals surface area contributed by atoms with Gasteiger partial charge < -0.3 is 0 Å². The van der Waals surface area contributed by atoms with Crippen molar-refractivity contribution in [2.75, 3.05) is 0 Å². The molecule has 0 amide bonds. The molecule has 62 valence electrons. The van der Waals surface area contributed by atoms with Crippen LogP contribution in [0.1, 0.15) is 51.9 Å². The second-order valence-corrected chi connectivity index (χ2v) is 4.71. The van der Waals surface area contributed by atoms with Gasteiger partial charge >= 0.3 is 0 Å². The van der Waals surface area contributed by atoms with Crippen LogP contribution in [0.25, 0.3) is 0 Å². The molecule has 0 radical (unpaired) electrons. The maximum atomic E-state index is 2.40. The molecule has 2 heterocycles. The van der Waals surface area contributed by atoms with E-state index in [1.54, 1.807) is 33.0 Å². The first kappa shape index (κ1) is 7.70. The quantitative estimate of drug-likeness (QED) is 0.503. The Morgan fingerprint density at radius 2 is 1.91 bits per heavy atom. The Labute approximate surface area is 71.0 Å². The Kier molecular flexibility index (Phi) is 1.99.